The molecule has 0 saturated heterocycles. The van der Waals surface area contributed by atoms with E-state index in [9.17, 15) is 9.90 Å². The van der Waals surface area contributed by atoms with Crippen LogP contribution >= 0.6 is 0 Å². The molecule has 0 radical (unpaired) electrons. The van der Waals surface area contributed by atoms with Crippen molar-refractivity contribution >= 4 is 5.97 Å². The largest absolute Gasteiger partial charge is 0.490 e. The van der Waals surface area contributed by atoms with E-state index in [1.54, 1.807) is 13.0 Å². The fraction of sp³-hybridized carbons (Fsp3) is 0.545. The molecule has 4 nitrogen and oxygen atoms in total. The minimum Gasteiger partial charge on any atom is -0.490 e. The number of esters is 1. The number of halogens is 1. The van der Waals surface area contributed by atoms with Crippen LogP contribution in [0.1, 0.15) is 88.2 Å². The Morgan fingerprint density at radius 2 is 1.71 bits per heavy atom. The maximum atomic E-state index is 15.4. The summed E-state index contributed by atoms with van der Waals surface area (Å²) in [6, 6.07) is 11.4. The third-order valence-electron chi connectivity index (χ3n) is 8.46. The van der Waals surface area contributed by atoms with Gasteiger partial charge < -0.3 is 14.6 Å². The summed E-state index contributed by atoms with van der Waals surface area (Å²) < 4.78 is 26.5. The summed E-state index contributed by atoms with van der Waals surface area (Å²) in [6.45, 7) is 5.53. The quantitative estimate of drug-likeness (QED) is 0.186. The summed E-state index contributed by atoms with van der Waals surface area (Å²) in [6.07, 6.45) is 13.1. The maximum Gasteiger partial charge on any atom is 0.333 e. The first-order valence-electron chi connectivity index (χ1n) is 14.4. The molecule has 38 heavy (non-hydrogen) atoms. The van der Waals surface area contributed by atoms with Crippen LogP contribution in [0, 0.1) is 17.7 Å². The highest BCUT2D eigenvalue weighted by molar-refractivity contribution is 5.86. The fourth-order valence-corrected chi connectivity index (χ4v) is 6.29. The highest BCUT2D eigenvalue weighted by atomic mass is 19.1. The molecule has 0 heterocycles. The van der Waals surface area contributed by atoms with Crippen LogP contribution in [0.15, 0.2) is 48.6 Å². The number of aliphatic hydroxyl groups excluding tert-OH is 1. The fourth-order valence-electron chi connectivity index (χ4n) is 6.29. The van der Waals surface area contributed by atoms with Crippen LogP contribution in [0.3, 0.4) is 0 Å². The normalized spacial score (nSPS) is 20.2. The van der Waals surface area contributed by atoms with E-state index >= 15 is 4.39 Å². The average Bonchev–Trinajstić information content (AvgIpc) is 2.95. The Morgan fingerprint density at radius 3 is 2.39 bits per heavy atom. The Morgan fingerprint density at radius 1 is 0.974 bits per heavy atom. The van der Waals surface area contributed by atoms with E-state index in [0.717, 1.165) is 41.4 Å². The van der Waals surface area contributed by atoms with Gasteiger partial charge in [-0.2, -0.15) is 0 Å². The van der Waals surface area contributed by atoms with Gasteiger partial charge in [-0.1, -0.05) is 62.9 Å². The van der Waals surface area contributed by atoms with Crippen molar-refractivity contribution in [2.45, 2.75) is 83.5 Å². The zero-order valence-corrected chi connectivity index (χ0v) is 22.9. The molecule has 2 aliphatic rings. The molecule has 0 amide bonds. The second-order valence-corrected chi connectivity index (χ2v) is 11.2. The predicted molar refractivity (Wildman–Crippen MR) is 150 cm³/mol. The van der Waals surface area contributed by atoms with Gasteiger partial charge in [0.1, 0.15) is 24.8 Å². The SMILES string of the molecule is C=C(C)C(=O)OCCOc1cc(-c2ccc(C3CCC(C4CCCCC4)CC3)cc2F)ccc1CCCO. The van der Waals surface area contributed by atoms with Gasteiger partial charge in [0.05, 0.1) is 0 Å². The molecule has 2 saturated carbocycles. The third-order valence-corrected chi connectivity index (χ3v) is 8.46. The molecule has 0 aromatic heterocycles. The number of aliphatic hydroxyl groups is 1. The van der Waals surface area contributed by atoms with Gasteiger partial charge in [0.2, 0.25) is 0 Å². The van der Waals surface area contributed by atoms with Gasteiger partial charge in [-0.3, -0.25) is 0 Å². The first kappa shape index (κ1) is 28.4. The lowest BCUT2D eigenvalue weighted by Gasteiger charge is -2.36. The zero-order valence-electron chi connectivity index (χ0n) is 22.9. The number of carbonyl (C=O) groups is 1. The first-order valence-corrected chi connectivity index (χ1v) is 14.4. The average molecular weight is 523 g/mol. The van der Waals surface area contributed by atoms with Crippen molar-refractivity contribution in [2.75, 3.05) is 19.8 Å². The summed E-state index contributed by atoms with van der Waals surface area (Å²) in [4.78, 5) is 11.6. The van der Waals surface area contributed by atoms with Crippen LogP contribution in [-0.4, -0.2) is 30.9 Å². The standard InChI is InChI=1S/C33H43FO4/c1-23(2)33(36)38-20-19-37-32-22-29(15-14-27(32)9-6-18-35)30-17-16-28(21-31(30)34)26-12-10-25(11-13-26)24-7-4-3-5-8-24/h14-17,21-22,24-26,35H,1,3-13,18-20H2,2H3. The van der Waals surface area contributed by atoms with Gasteiger partial charge in [0.15, 0.2) is 0 Å². The molecule has 4 rings (SSSR count). The van der Waals surface area contributed by atoms with Crippen LogP contribution in [0.5, 0.6) is 5.75 Å². The van der Waals surface area contributed by atoms with Crippen LogP contribution in [0.25, 0.3) is 11.1 Å². The van der Waals surface area contributed by atoms with Crippen molar-refractivity contribution < 1.29 is 23.8 Å². The van der Waals surface area contributed by atoms with E-state index in [0.29, 0.717) is 35.6 Å². The lowest BCUT2D eigenvalue weighted by atomic mass is 9.70. The molecule has 2 aliphatic carbocycles. The number of carbonyl (C=O) groups excluding carboxylic acids is 1. The van der Waals surface area contributed by atoms with E-state index in [1.807, 2.05) is 24.3 Å². The molecule has 0 atom stereocenters. The number of benzene rings is 2. The minimum absolute atomic E-state index is 0.0794. The summed E-state index contributed by atoms with van der Waals surface area (Å²) in [5, 5.41) is 9.27. The van der Waals surface area contributed by atoms with Crippen molar-refractivity contribution in [3.05, 3.63) is 65.5 Å². The molecule has 2 aromatic carbocycles. The summed E-state index contributed by atoms with van der Waals surface area (Å²) >= 11 is 0. The van der Waals surface area contributed by atoms with Crippen LogP contribution in [-0.2, 0) is 16.0 Å². The van der Waals surface area contributed by atoms with Gasteiger partial charge in [-0.05, 0) is 92.0 Å². The smallest absolute Gasteiger partial charge is 0.333 e. The highest BCUT2D eigenvalue weighted by Crippen LogP contribution is 2.43. The molecule has 206 valence electrons. The maximum absolute atomic E-state index is 15.4. The third kappa shape index (κ3) is 7.47. The van der Waals surface area contributed by atoms with Crippen molar-refractivity contribution in [2.24, 2.45) is 11.8 Å². The van der Waals surface area contributed by atoms with E-state index in [1.165, 1.54) is 44.9 Å². The Hall–Kier alpha value is -2.66. The van der Waals surface area contributed by atoms with Gasteiger partial charge >= 0.3 is 5.97 Å². The molecule has 5 heteroatoms. The predicted octanol–water partition coefficient (Wildman–Crippen LogP) is 7.77. The van der Waals surface area contributed by atoms with E-state index in [2.05, 4.69) is 12.6 Å². The highest BCUT2D eigenvalue weighted by Gasteiger charge is 2.29. The summed E-state index contributed by atoms with van der Waals surface area (Å²) in [5.41, 5.74) is 3.69. The molecule has 2 fully saturated rings. The topological polar surface area (TPSA) is 55.8 Å². The van der Waals surface area contributed by atoms with Gasteiger partial charge in [0, 0.05) is 17.7 Å². The number of hydrogen-bond donors (Lipinski definition) is 1. The molecular formula is C33H43FO4. The van der Waals surface area contributed by atoms with E-state index < -0.39 is 5.97 Å². The van der Waals surface area contributed by atoms with Crippen molar-refractivity contribution in [1.29, 1.82) is 0 Å². The number of aryl methyl sites for hydroxylation is 1. The van der Waals surface area contributed by atoms with Crippen molar-refractivity contribution in [3.63, 3.8) is 0 Å². The van der Waals surface area contributed by atoms with Gasteiger partial charge in [-0.25, -0.2) is 9.18 Å². The van der Waals surface area contributed by atoms with E-state index in [-0.39, 0.29) is 25.6 Å². The molecular weight excluding hydrogens is 479 g/mol. The summed E-state index contributed by atoms with van der Waals surface area (Å²) in [7, 11) is 0. The second-order valence-electron chi connectivity index (χ2n) is 11.2. The lowest BCUT2D eigenvalue weighted by Crippen LogP contribution is -2.23. The van der Waals surface area contributed by atoms with Crippen LogP contribution in [0.4, 0.5) is 4.39 Å². The second kappa shape index (κ2) is 13.9. The number of hydrogen-bond acceptors (Lipinski definition) is 4. The van der Waals surface area contributed by atoms with Gasteiger partial charge in [-0.15, -0.1) is 0 Å². The molecule has 0 bridgehead atoms. The lowest BCUT2D eigenvalue weighted by molar-refractivity contribution is -0.139. The van der Waals surface area contributed by atoms with Gasteiger partial charge in [0.25, 0.3) is 0 Å². The minimum atomic E-state index is -0.451. The summed E-state index contributed by atoms with van der Waals surface area (Å²) in [5.74, 6) is 2.18. The van der Waals surface area contributed by atoms with Crippen molar-refractivity contribution in [1.82, 2.24) is 0 Å². The number of ether oxygens (including phenoxy) is 2. The Labute approximate surface area is 227 Å². The molecule has 0 aliphatic heterocycles. The Balaban J connectivity index is 1.42. The van der Waals surface area contributed by atoms with E-state index in [4.69, 9.17) is 9.47 Å². The zero-order chi connectivity index (χ0) is 26.9. The molecule has 0 spiro atoms. The Kier molecular flexibility index (Phi) is 10.4. The first-order chi connectivity index (χ1) is 18.5. The monoisotopic (exact) mass is 522 g/mol. The Bertz CT molecular complexity index is 1080. The van der Waals surface area contributed by atoms with Crippen molar-refractivity contribution in [3.8, 4) is 16.9 Å². The number of rotatable bonds is 11. The van der Waals surface area contributed by atoms with Crippen LogP contribution in [0.2, 0.25) is 0 Å². The molecule has 0 unspecified atom stereocenters. The molecule has 1 N–H and O–H groups in total. The molecule has 2 aromatic rings. The van der Waals surface area contributed by atoms with Crippen LogP contribution < -0.4 is 4.74 Å².